The second-order valence-corrected chi connectivity index (χ2v) is 10.4. The molecule has 1 aromatic carbocycles. The van der Waals surface area contributed by atoms with Gasteiger partial charge in [-0.15, -0.1) is 0 Å². The molecule has 1 fully saturated rings. The highest BCUT2D eigenvalue weighted by Crippen LogP contribution is 2.28. The number of hydrogen-bond donors (Lipinski definition) is 1. The zero-order chi connectivity index (χ0) is 24.3. The maximum Gasteiger partial charge on any atom is 0.338 e. The summed E-state index contributed by atoms with van der Waals surface area (Å²) < 4.78 is 39.9. The van der Waals surface area contributed by atoms with Crippen molar-refractivity contribution >= 4 is 39.3 Å². The van der Waals surface area contributed by atoms with Crippen molar-refractivity contribution in [2.45, 2.75) is 50.8 Å². The highest BCUT2D eigenvalue weighted by atomic mass is 35.5. The van der Waals surface area contributed by atoms with Crippen molar-refractivity contribution in [2.75, 3.05) is 25.0 Å². The van der Waals surface area contributed by atoms with Crippen LogP contribution in [0.1, 0.15) is 44.1 Å². The van der Waals surface area contributed by atoms with Crippen LogP contribution in [0, 0.1) is 0 Å². The summed E-state index contributed by atoms with van der Waals surface area (Å²) in [6, 6.07) is 5.49. The molecule has 1 saturated heterocycles. The molecular formula is C21H27ClN4O6S. The number of halogens is 1. The van der Waals surface area contributed by atoms with Crippen LogP contribution in [-0.4, -0.2) is 66.3 Å². The summed E-state index contributed by atoms with van der Waals surface area (Å²) in [6.45, 7) is 7.18. The van der Waals surface area contributed by atoms with Gasteiger partial charge in [0.15, 0.2) is 6.61 Å². The first-order valence-electron chi connectivity index (χ1n) is 10.4. The molecule has 1 aliphatic rings. The Morgan fingerprint density at radius 3 is 2.55 bits per heavy atom. The quantitative estimate of drug-likeness (QED) is 0.583. The molecule has 10 nitrogen and oxygen atoms in total. The normalized spacial score (nSPS) is 19.5. The Hall–Kier alpha value is -2.47. The molecule has 2 heterocycles. The number of esters is 1. The van der Waals surface area contributed by atoms with E-state index >= 15 is 0 Å². The van der Waals surface area contributed by atoms with Crippen molar-refractivity contribution < 1.29 is 27.5 Å². The molecule has 0 bridgehead atoms. The van der Waals surface area contributed by atoms with Crippen LogP contribution >= 0.6 is 11.6 Å². The minimum absolute atomic E-state index is 0.0157. The summed E-state index contributed by atoms with van der Waals surface area (Å²) in [5.74, 6) is -0.928. The van der Waals surface area contributed by atoms with Gasteiger partial charge in [0.25, 0.3) is 5.91 Å². The molecule has 0 aliphatic carbocycles. The van der Waals surface area contributed by atoms with Crippen LogP contribution < -0.4 is 5.32 Å². The van der Waals surface area contributed by atoms with Gasteiger partial charge in [-0.1, -0.05) is 11.6 Å². The fourth-order valence-electron chi connectivity index (χ4n) is 3.51. The number of carbonyl (C=O) groups is 2. The van der Waals surface area contributed by atoms with E-state index in [0.29, 0.717) is 5.82 Å². The molecule has 0 spiro atoms. The molecule has 0 radical (unpaired) electrons. The highest BCUT2D eigenvalue weighted by Gasteiger charge is 2.34. The number of sulfonamides is 1. The van der Waals surface area contributed by atoms with E-state index in [1.807, 2.05) is 13.8 Å². The lowest BCUT2D eigenvalue weighted by Gasteiger charge is -2.34. The fraction of sp³-hybridized carbons (Fsp3) is 0.476. The molecule has 1 N–H and O–H groups in total. The number of carbonyl (C=O) groups excluding carboxylic acids is 2. The third-order valence-corrected chi connectivity index (χ3v) is 7.25. The molecule has 1 aromatic heterocycles. The van der Waals surface area contributed by atoms with E-state index in [1.54, 1.807) is 30.8 Å². The van der Waals surface area contributed by atoms with E-state index in [1.165, 1.54) is 16.4 Å². The van der Waals surface area contributed by atoms with Crippen LogP contribution in [0.3, 0.4) is 0 Å². The van der Waals surface area contributed by atoms with Gasteiger partial charge in [-0.25, -0.2) is 17.9 Å². The zero-order valence-corrected chi connectivity index (χ0v) is 20.4. The Morgan fingerprint density at radius 1 is 1.24 bits per heavy atom. The molecule has 2 unspecified atom stereocenters. The summed E-state index contributed by atoms with van der Waals surface area (Å²) >= 11 is 6.16. The number of nitrogens with one attached hydrogen (secondary N) is 1. The van der Waals surface area contributed by atoms with Crippen LogP contribution in [0.4, 0.5) is 5.82 Å². The van der Waals surface area contributed by atoms with Crippen LogP contribution in [0.15, 0.2) is 35.4 Å². The van der Waals surface area contributed by atoms with Crippen LogP contribution in [-0.2, 0) is 24.3 Å². The average molecular weight is 499 g/mol. The summed E-state index contributed by atoms with van der Waals surface area (Å²) in [7, 11) is -3.97. The molecule has 2 atom stereocenters. The van der Waals surface area contributed by atoms with Gasteiger partial charge < -0.3 is 14.8 Å². The van der Waals surface area contributed by atoms with Gasteiger partial charge in [-0.3, -0.25) is 4.79 Å². The lowest BCUT2D eigenvalue weighted by atomic mass is 10.2. The lowest BCUT2D eigenvalue weighted by molar-refractivity contribution is -0.119. The molecular weight excluding hydrogens is 472 g/mol. The van der Waals surface area contributed by atoms with Crippen LogP contribution in [0.25, 0.3) is 0 Å². The monoisotopic (exact) mass is 498 g/mol. The van der Waals surface area contributed by atoms with Gasteiger partial charge in [0.05, 0.1) is 29.0 Å². The zero-order valence-electron chi connectivity index (χ0n) is 18.8. The van der Waals surface area contributed by atoms with Gasteiger partial charge >= 0.3 is 5.97 Å². The number of rotatable bonds is 7. The third-order valence-electron chi connectivity index (χ3n) is 4.93. The Morgan fingerprint density at radius 2 is 1.91 bits per heavy atom. The number of morpholine rings is 1. The standard InChI is InChI=1S/C21H27ClN4O6S/c1-13(2)26-19(7-8-23-26)24-20(27)12-31-21(28)16-5-6-17(22)18(9-16)33(29,30)25-10-14(3)32-15(4)11-25/h5-9,13-15H,10-12H2,1-4H3,(H,24,27). The number of hydrogen-bond acceptors (Lipinski definition) is 7. The number of benzene rings is 1. The summed E-state index contributed by atoms with van der Waals surface area (Å²) in [6.07, 6.45) is 0.995. The van der Waals surface area contributed by atoms with E-state index in [0.717, 1.165) is 6.07 Å². The summed E-state index contributed by atoms with van der Waals surface area (Å²) in [5.41, 5.74) is -0.0349. The first-order chi connectivity index (χ1) is 15.5. The average Bonchev–Trinajstić information content (AvgIpc) is 3.20. The SMILES string of the molecule is CC1CN(S(=O)(=O)c2cc(C(=O)OCC(=O)Nc3ccnn3C(C)C)ccc2Cl)CC(C)O1. The molecule has 180 valence electrons. The number of aromatic nitrogens is 2. The van der Waals surface area contributed by atoms with Crippen molar-refractivity contribution in [2.24, 2.45) is 0 Å². The number of amides is 1. The van der Waals surface area contributed by atoms with Gasteiger partial charge in [-0.05, 0) is 45.9 Å². The van der Waals surface area contributed by atoms with E-state index in [4.69, 9.17) is 21.1 Å². The first-order valence-corrected chi connectivity index (χ1v) is 12.3. The molecule has 0 saturated carbocycles. The molecule has 1 amide bonds. The number of anilines is 1. The second-order valence-electron chi connectivity index (χ2n) is 8.10. The van der Waals surface area contributed by atoms with Crippen molar-refractivity contribution in [3.05, 3.63) is 41.0 Å². The van der Waals surface area contributed by atoms with Gasteiger partial charge in [0.1, 0.15) is 10.7 Å². The Bertz CT molecular complexity index is 1120. The molecule has 12 heteroatoms. The minimum atomic E-state index is -3.97. The van der Waals surface area contributed by atoms with Crippen molar-refractivity contribution in [1.29, 1.82) is 0 Å². The maximum atomic E-state index is 13.2. The maximum absolute atomic E-state index is 13.2. The summed E-state index contributed by atoms with van der Waals surface area (Å²) in [4.78, 5) is 24.5. The first kappa shape index (κ1) is 25.2. The topological polar surface area (TPSA) is 120 Å². The van der Waals surface area contributed by atoms with E-state index in [-0.39, 0.29) is 46.8 Å². The molecule has 33 heavy (non-hydrogen) atoms. The predicted molar refractivity (Wildman–Crippen MR) is 122 cm³/mol. The van der Waals surface area contributed by atoms with E-state index < -0.39 is 28.5 Å². The smallest absolute Gasteiger partial charge is 0.338 e. The number of ether oxygens (including phenoxy) is 2. The molecule has 3 rings (SSSR count). The summed E-state index contributed by atoms with van der Waals surface area (Å²) in [5, 5.41) is 6.72. The fourth-order valence-corrected chi connectivity index (χ4v) is 5.60. The van der Waals surface area contributed by atoms with Crippen LogP contribution in [0.2, 0.25) is 5.02 Å². The highest BCUT2D eigenvalue weighted by molar-refractivity contribution is 7.89. The van der Waals surface area contributed by atoms with Gasteiger partial charge in [-0.2, -0.15) is 9.40 Å². The van der Waals surface area contributed by atoms with Crippen LogP contribution in [0.5, 0.6) is 0 Å². The number of nitrogens with zero attached hydrogens (tertiary/aromatic N) is 3. The minimum Gasteiger partial charge on any atom is -0.452 e. The predicted octanol–water partition coefficient (Wildman–Crippen LogP) is 2.71. The van der Waals surface area contributed by atoms with Crippen molar-refractivity contribution in [3.8, 4) is 0 Å². The lowest BCUT2D eigenvalue weighted by Crippen LogP contribution is -2.48. The van der Waals surface area contributed by atoms with Crippen molar-refractivity contribution in [1.82, 2.24) is 14.1 Å². The third kappa shape index (κ3) is 5.91. The Kier molecular flexibility index (Phi) is 7.78. The largest absolute Gasteiger partial charge is 0.452 e. The van der Waals surface area contributed by atoms with E-state index in [9.17, 15) is 18.0 Å². The molecule has 1 aliphatic heterocycles. The van der Waals surface area contributed by atoms with Gasteiger partial charge in [0.2, 0.25) is 10.0 Å². The van der Waals surface area contributed by atoms with E-state index in [2.05, 4.69) is 10.4 Å². The Labute approximate surface area is 197 Å². The molecule has 2 aromatic rings. The Balaban J connectivity index is 1.70. The van der Waals surface area contributed by atoms with Gasteiger partial charge in [0, 0.05) is 25.2 Å². The second kappa shape index (κ2) is 10.2. The van der Waals surface area contributed by atoms with Crippen molar-refractivity contribution in [3.63, 3.8) is 0 Å².